The van der Waals surface area contributed by atoms with Crippen molar-refractivity contribution in [3.05, 3.63) is 42.5 Å². The van der Waals surface area contributed by atoms with Gasteiger partial charge in [0.1, 0.15) is 11.9 Å². The zero-order valence-corrected chi connectivity index (χ0v) is 18.9. The number of rotatable bonds is 6. The van der Waals surface area contributed by atoms with Crippen molar-refractivity contribution in [2.24, 2.45) is 5.92 Å². The average molecular weight is 494 g/mol. The molecule has 1 aromatic heterocycles. The predicted molar refractivity (Wildman–Crippen MR) is 113 cm³/mol. The lowest BCUT2D eigenvalue weighted by atomic mass is 10.0. The van der Waals surface area contributed by atoms with Gasteiger partial charge in [-0.3, -0.25) is 4.79 Å². The van der Waals surface area contributed by atoms with Crippen LogP contribution in [0, 0.1) is 17.2 Å². The molecule has 2 aliphatic rings. The number of carbonyl (C=O) groups excluding carboxylic acids is 1. The normalized spacial score (nSPS) is 23.8. The highest BCUT2D eigenvalue weighted by Gasteiger charge is 2.51. The molecular weight excluding hydrogens is 473 g/mol. The lowest BCUT2D eigenvalue weighted by Gasteiger charge is -2.19. The van der Waals surface area contributed by atoms with Gasteiger partial charge in [-0.2, -0.15) is 18.4 Å². The summed E-state index contributed by atoms with van der Waals surface area (Å²) in [5, 5.41) is 10.6. The van der Waals surface area contributed by atoms with Crippen molar-refractivity contribution >= 4 is 15.7 Å². The van der Waals surface area contributed by atoms with Crippen molar-refractivity contribution in [1.82, 2.24) is 15.3 Å². The Hall–Kier alpha value is -3.04. The lowest BCUT2D eigenvalue weighted by molar-refractivity contribution is -0.139. The summed E-state index contributed by atoms with van der Waals surface area (Å²) in [5.41, 5.74) is -1.82. The number of aromatic nitrogens is 2. The molecule has 8 nitrogen and oxygen atoms in total. The van der Waals surface area contributed by atoms with Gasteiger partial charge in [-0.05, 0) is 43.4 Å². The summed E-state index contributed by atoms with van der Waals surface area (Å²) in [7, 11) is -3.16. The van der Waals surface area contributed by atoms with Gasteiger partial charge in [-0.15, -0.1) is 0 Å². The van der Waals surface area contributed by atoms with Crippen LogP contribution in [0.15, 0.2) is 41.8 Å². The molecule has 1 amide bonds. The maximum Gasteiger partial charge on any atom is 0.417 e. The Bertz CT molecular complexity index is 1240. The summed E-state index contributed by atoms with van der Waals surface area (Å²) in [6.07, 6.45) is -1.21. The highest BCUT2D eigenvalue weighted by atomic mass is 32.2. The highest BCUT2D eigenvalue weighted by Crippen LogP contribution is 2.42. The maximum atomic E-state index is 13.9. The molecule has 2 aliphatic carbocycles. The Kier molecular flexibility index (Phi) is 6.12. The Morgan fingerprint density at radius 1 is 1.21 bits per heavy atom. The molecule has 2 aromatic rings. The first-order valence-electron chi connectivity index (χ1n) is 10.5. The Morgan fingerprint density at radius 2 is 1.88 bits per heavy atom. The minimum Gasteiger partial charge on any atom is -0.381 e. The van der Waals surface area contributed by atoms with E-state index in [4.69, 9.17) is 4.74 Å². The molecule has 1 N–H and O–H groups in total. The summed E-state index contributed by atoms with van der Waals surface area (Å²) in [5.74, 6) is -1.43. The van der Waals surface area contributed by atoms with Gasteiger partial charge in [0.2, 0.25) is 5.91 Å². The standard InChI is InChI=1S/C22H21F3N4O4S/c1-33-18-8-15(7-16(18)20(30)29-21(11-26)4-5-21)34(31,32)19-3-2-13(6-17(19)22(23,24)25)14-9-27-12-28-10-14/h2-3,6,9-10,12,15-16,18H,4-5,7-8H2,1H3,(H,29,30)/t15-,16-,18-/m1/s1. The third-order valence-electron chi connectivity index (χ3n) is 6.35. The van der Waals surface area contributed by atoms with Crippen LogP contribution in [0.1, 0.15) is 31.2 Å². The number of alkyl halides is 3. The van der Waals surface area contributed by atoms with Crippen LogP contribution in [-0.2, 0) is 25.5 Å². The van der Waals surface area contributed by atoms with Crippen LogP contribution in [0.2, 0.25) is 0 Å². The third-order valence-corrected chi connectivity index (χ3v) is 8.58. The maximum absolute atomic E-state index is 13.9. The summed E-state index contributed by atoms with van der Waals surface area (Å²) < 4.78 is 73.8. The van der Waals surface area contributed by atoms with Crippen molar-refractivity contribution in [3.63, 3.8) is 0 Å². The van der Waals surface area contributed by atoms with Gasteiger partial charge in [0.15, 0.2) is 9.84 Å². The molecule has 0 saturated heterocycles. The van der Waals surface area contributed by atoms with E-state index in [1.165, 1.54) is 31.9 Å². The smallest absolute Gasteiger partial charge is 0.381 e. The van der Waals surface area contributed by atoms with E-state index in [1.807, 2.05) is 6.07 Å². The Labute approximate surface area is 194 Å². The van der Waals surface area contributed by atoms with Gasteiger partial charge in [-0.25, -0.2) is 18.4 Å². The Balaban J connectivity index is 1.66. The first-order valence-corrected chi connectivity index (χ1v) is 12.0. The monoisotopic (exact) mass is 494 g/mol. The van der Waals surface area contributed by atoms with E-state index in [1.54, 1.807) is 0 Å². The number of nitrogens with one attached hydrogen (secondary N) is 1. The van der Waals surface area contributed by atoms with Crippen LogP contribution in [-0.4, -0.2) is 48.3 Å². The second kappa shape index (κ2) is 8.63. The van der Waals surface area contributed by atoms with Crippen LogP contribution >= 0.6 is 0 Å². The number of halogens is 3. The SMILES string of the molecule is CO[C@@H]1C[C@H](S(=O)(=O)c2ccc(-c3cncnc3)cc2C(F)(F)F)C[C@H]1C(=O)NC1(C#N)CC1. The first-order chi connectivity index (χ1) is 16.0. The second-order valence-electron chi connectivity index (χ2n) is 8.54. The number of amides is 1. The van der Waals surface area contributed by atoms with Crippen molar-refractivity contribution in [3.8, 4) is 17.2 Å². The number of hydrogen-bond acceptors (Lipinski definition) is 7. The van der Waals surface area contributed by atoms with Crippen LogP contribution < -0.4 is 5.32 Å². The second-order valence-corrected chi connectivity index (χ2v) is 10.7. The van der Waals surface area contributed by atoms with Crippen molar-refractivity contribution in [2.45, 2.75) is 53.6 Å². The lowest BCUT2D eigenvalue weighted by Crippen LogP contribution is -2.42. The van der Waals surface area contributed by atoms with Crippen molar-refractivity contribution < 1.29 is 31.1 Å². The number of hydrogen-bond donors (Lipinski definition) is 1. The summed E-state index contributed by atoms with van der Waals surface area (Å²) in [6, 6.07) is 5.00. The van der Waals surface area contributed by atoms with Gasteiger partial charge in [-0.1, -0.05) is 6.07 Å². The fourth-order valence-corrected chi connectivity index (χ4v) is 6.27. The number of ether oxygens (including phenoxy) is 1. The summed E-state index contributed by atoms with van der Waals surface area (Å²) in [6.45, 7) is 0. The number of nitriles is 1. The topological polar surface area (TPSA) is 122 Å². The number of sulfone groups is 1. The molecule has 180 valence electrons. The van der Waals surface area contributed by atoms with E-state index >= 15 is 0 Å². The molecule has 0 aliphatic heterocycles. The molecule has 0 radical (unpaired) electrons. The van der Waals surface area contributed by atoms with Crippen molar-refractivity contribution in [1.29, 1.82) is 5.26 Å². The summed E-state index contributed by atoms with van der Waals surface area (Å²) >= 11 is 0. The number of methoxy groups -OCH3 is 1. The van der Waals surface area contributed by atoms with Gasteiger partial charge >= 0.3 is 6.18 Å². The fourth-order valence-electron chi connectivity index (χ4n) is 4.27. The quantitative estimate of drug-likeness (QED) is 0.655. The minimum atomic E-state index is -4.94. The third kappa shape index (κ3) is 4.50. The van der Waals surface area contributed by atoms with Gasteiger partial charge in [0.25, 0.3) is 0 Å². The van der Waals surface area contributed by atoms with Crippen LogP contribution in [0.4, 0.5) is 13.2 Å². The minimum absolute atomic E-state index is 0.122. The predicted octanol–water partition coefficient (Wildman–Crippen LogP) is 2.90. The molecular formula is C22H21F3N4O4S. The molecule has 34 heavy (non-hydrogen) atoms. The molecule has 0 spiro atoms. The van der Waals surface area contributed by atoms with E-state index in [0.717, 1.165) is 12.1 Å². The fraction of sp³-hybridized carbons (Fsp3) is 0.455. The summed E-state index contributed by atoms with van der Waals surface area (Å²) in [4.78, 5) is 19.5. The molecule has 1 heterocycles. The molecule has 2 fully saturated rings. The zero-order chi connectivity index (χ0) is 24.7. The van der Waals surface area contributed by atoms with Crippen LogP contribution in [0.25, 0.3) is 11.1 Å². The largest absolute Gasteiger partial charge is 0.417 e. The van der Waals surface area contributed by atoms with E-state index in [-0.39, 0.29) is 18.4 Å². The first kappa shape index (κ1) is 24.1. The van der Waals surface area contributed by atoms with E-state index in [2.05, 4.69) is 15.3 Å². The van der Waals surface area contributed by atoms with Crippen molar-refractivity contribution in [2.75, 3.05) is 7.11 Å². The molecule has 1 aromatic carbocycles. The zero-order valence-electron chi connectivity index (χ0n) is 18.0. The van der Waals surface area contributed by atoms with Crippen LogP contribution in [0.3, 0.4) is 0 Å². The average Bonchev–Trinajstić information content (AvgIpc) is 3.44. The van der Waals surface area contributed by atoms with Crippen LogP contribution in [0.5, 0.6) is 0 Å². The van der Waals surface area contributed by atoms with E-state index in [9.17, 15) is 31.6 Å². The molecule has 3 atom stereocenters. The van der Waals surface area contributed by atoms with Gasteiger partial charge in [0.05, 0.1) is 33.8 Å². The molecule has 0 unspecified atom stereocenters. The molecule has 4 rings (SSSR count). The molecule has 12 heteroatoms. The number of benzene rings is 1. The molecule has 2 saturated carbocycles. The van der Waals surface area contributed by atoms with Gasteiger partial charge < -0.3 is 10.1 Å². The number of nitrogens with zero attached hydrogens (tertiary/aromatic N) is 3. The number of carbonyl (C=O) groups is 1. The Morgan fingerprint density at radius 3 is 2.44 bits per heavy atom. The van der Waals surface area contributed by atoms with Gasteiger partial charge in [0, 0.05) is 25.1 Å². The highest BCUT2D eigenvalue weighted by molar-refractivity contribution is 7.92. The molecule has 0 bridgehead atoms. The van der Waals surface area contributed by atoms with E-state index < -0.39 is 55.2 Å². The van der Waals surface area contributed by atoms with E-state index in [0.29, 0.717) is 18.4 Å².